The van der Waals surface area contributed by atoms with Crippen LogP contribution in [-0.2, 0) is 14.3 Å². The molecule has 1 N–H and O–H groups in total. The summed E-state index contributed by atoms with van der Waals surface area (Å²) in [5.74, 6) is 1.20. The van der Waals surface area contributed by atoms with Crippen molar-refractivity contribution in [3.8, 4) is 0 Å². The first-order valence-electron chi connectivity index (χ1n) is 9.28. The molecule has 4 atom stereocenters. The Hall–Kier alpha value is -1.56. The van der Waals surface area contributed by atoms with Crippen molar-refractivity contribution in [1.29, 1.82) is 0 Å². The lowest BCUT2D eigenvalue weighted by atomic mass is 9.75. The highest BCUT2D eigenvalue weighted by Crippen LogP contribution is 2.35. The third-order valence-corrected chi connectivity index (χ3v) is 5.29. The first-order valence-corrected chi connectivity index (χ1v) is 9.28. The molecule has 1 saturated carbocycles. The van der Waals surface area contributed by atoms with E-state index in [2.05, 4.69) is 20.8 Å². The van der Waals surface area contributed by atoms with Gasteiger partial charge < -0.3 is 19.5 Å². The van der Waals surface area contributed by atoms with Gasteiger partial charge >= 0.3 is 12.1 Å². The lowest BCUT2D eigenvalue weighted by Gasteiger charge is -2.36. The van der Waals surface area contributed by atoms with Crippen molar-refractivity contribution >= 4 is 12.1 Å². The Morgan fingerprint density at radius 2 is 2.08 bits per heavy atom. The van der Waals surface area contributed by atoms with E-state index in [1.54, 1.807) is 6.08 Å². The van der Waals surface area contributed by atoms with Crippen molar-refractivity contribution in [2.24, 2.45) is 23.7 Å². The second-order valence-electron chi connectivity index (χ2n) is 7.73. The molecule has 1 aliphatic carbocycles. The fourth-order valence-electron chi connectivity index (χ4n) is 3.79. The molecule has 0 bridgehead atoms. The zero-order valence-electron chi connectivity index (χ0n) is 15.5. The average Bonchev–Trinajstić information content (AvgIpc) is 2.58. The Bertz CT molecular complexity index is 490. The van der Waals surface area contributed by atoms with E-state index in [1.807, 2.05) is 6.08 Å². The van der Waals surface area contributed by atoms with E-state index in [0.717, 1.165) is 12.8 Å². The maximum atomic E-state index is 12.0. The minimum absolute atomic E-state index is 0.0281. The van der Waals surface area contributed by atoms with Gasteiger partial charge in [-0.15, -0.1) is 0 Å². The van der Waals surface area contributed by atoms with Gasteiger partial charge in [-0.2, -0.15) is 0 Å². The minimum Gasteiger partial charge on any atom is -0.465 e. The Balaban J connectivity index is 1.73. The van der Waals surface area contributed by atoms with Crippen LogP contribution in [0.3, 0.4) is 0 Å². The van der Waals surface area contributed by atoms with Crippen LogP contribution in [0, 0.1) is 23.7 Å². The van der Waals surface area contributed by atoms with Gasteiger partial charge in [0.25, 0.3) is 0 Å². The molecule has 6 nitrogen and oxygen atoms in total. The van der Waals surface area contributed by atoms with Crippen molar-refractivity contribution < 1.29 is 24.2 Å². The molecule has 2 aliphatic rings. The number of carbonyl (C=O) groups excluding carboxylic acids is 1. The number of carboxylic acid groups (broad SMARTS) is 1. The van der Waals surface area contributed by atoms with Gasteiger partial charge in [0.05, 0.1) is 12.7 Å². The molecule has 0 spiro atoms. The zero-order chi connectivity index (χ0) is 18.4. The van der Waals surface area contributed by atoms with Gasteiger partial charge in [-0.25, -0.2) is 9.59 Å². The van der Waals surface area contributed by atoms with Crippen LogP contribution in [-0.4, -0.2) is 54.5 Å². The lowest BCUT2D eigenvalue weighted by Crippen LogP contribution is -2.38. The van der Waals surface area contributed by atoms with E-state index in [1.165, 1.54) is 11.3 Å². The van der Waals surface area contributed by atoms with Gasteiger partial charge in [0.15, 0.2) is 0 Å². The summed E-state index contributed by atoms with van der Waals surface area (Å²) in [5.41, 5.74) is 0. The molecule has 1 unspecified atom stereocenters. The molecule has 1 amide bonds. The molecule has 0 aromatic carbocycles. The third-order valence-electron chi connectivity index (χ3n) is 5.29. The summed E-state index contributed by atoms with van der Waals surface area (Å²) >= 11 is 0. The number of carbonyl (C=O) groups is 2. The SMILES string of the molecule is CC(C)[C@@H]1CC[C@@H](C)C[C@H]1OCC(=O)OCC1C=CCN(C(=O)O)C1. The molecular weight excluding hydrogens is 322 g/mol. The molecule has 2 rings (SSSR count). The van der Waals surface area contributed by atoms with Gasteiger partial charge in [-0.3, -0.25) is 0 Å². The molecule has 0 saturated heterocycles. The van der Waals surface area contributed by atoms with Crippen molar-refractivity contribution in [1.82, 2.24) is 4.90 Å². The zero-order valence-corrected chi connectivity index (χ0v) is 15.5. The smallest absolute Gasteiger partial charge is 0.407 e. The standard InChI is InChI=1S/C19H31NO5/c1-13(2)16-7-6-14(3)9-17(16)24-12-18(21)25-11-15-5-4-8-20(10-15)19(22)23/h4-5,13-17H,6-12H2,1-3H3,(H,22,23)/t14-,15?,16+,17-/m1/s1. The first kappa shape index (κ1) is 19.8. The van der Waals surface area contributed by atoms with Gasteiger partial charge in [0, 0.05) is 19.0 Å². The second-order valence-corrected chi connectivity index (χ2v) is 7.73. The summed E-state index contributed by atoms with van der Waals surface area (Å²) in [7, 11) is 0. The lowest BCUT2D eigenvalue weighted by molar-refractivity contribution is -0.155. The van der Waals surface area contributed by atoms with Crippen molar-refractivity contribution in [2.75, 3.05) is 26.3 Å². The molecular formula is C19H31NO5. The van der Waals surface area contributed by atoms with Crippen LogP contribution in [0.5, 0.6) is 0 Å². The number of esters is 1. The van der Waals surface area contributed by atoms with Crippen LogP contribution in [0.2, 0.25) is 0 Å². The number of rotatable bonds is 6. The Kier molecular flexibility index (Phi) is 7.29. The van der Waals surface area contributed by atoms with Crippen LogP contribution in [0.1, 0.15) is 40.0 Å². The molecule has 1 fully saturated rings. The third kappa shape index (κ3) is 6.03. The van der Waals surface area contributed by atoms with Crippen molar-refractivity contribution in [3.63, 3.8) is 0 Å². The quantitative estimate of drug-likeness (QED) is 0.586. The number of ether oxygens (including phenoxy) is 2. The van der Waals surface area contributed by atoms with Crippen LogP contribution in [0.15, 0.2) is 12.2 Å². The second kappa shape index (κ2) is 9.22. The Morgan fingerprint density at radius 3 is 2.76 bits per heavy atom. The normalized spacial score (nSPS) is 29.7. The average molecular weight is 353 g/mol. The molecule has 142 valence electrons. The molecule has 0 radical (unpaired) electrons. The Labute approximate surface area is 150 Å². The molecule has 1 heterocycles. The summed E-state index contributed by atoms with van der Waals surface area (Å²) in [6, 6.07) is 0. The maximum Gasteiger partial charge on any atom is 0.407 e. The predicted octanol–water partition coefficient (Wildman–Crippen LogP) is 3.17. The number of amides is 1. The fraction of sp³-hybridized carbons (Fsp3) is 0.789. The molecule has 1 aliphatic heterocycles. The summed E-state index contributed by atoms with van der Waals surface area (Å²) in [5, 5.41) is 9.02. The fourth-order valence-corrected chi connectivity index (χ4v) is 3.79. The highest BCUT2D eigenvalue weighted by Gasteiger charge is 2.32. The van der Waals surface area contributed by atoms with Gasteiger partial charge in [-0.1, -0.05) is 39.3 Å². The maximum absolute atomic E-state index is 12.0. The van der Waals surface area contributed by atoms with Gasteiger partial charge in [0.1, 0.15) is 6.61 Å². The largest absolute Gasteiger partial charge is 0.465 e. The molecule has 0 aromatic heterocycles. The van der Waals surface area contributed by atoms with E-state index in [-0.39, 0.29) is 31.2 Å². The summed E-state index contributed by atoms with van der Waals surface area (Å²) in [4.78, 5) is 24.3. The number of hydrogen-bond acceptors (Lipinski definition) is 4. The Morgan fingerprint density at radius 1 is 1.32 bits per heavy atom. The minimum atomic E-state index is -0.949. The van der Waals surface area contributed by atoms with Crippen molar-refractivity contribution in [2.45, 2.75) is 46.1 Å². The highest BCUT2D eigenvalue weighted by molar-refractivity contribution is 5.70. The number of nitrogens with zero attached hydrogens (tertiary/aromatic N) is 1. The van der Waals surface area contributed by atoms with E-state index < -0.39 is 6.09 Å². The van der Waals surface area contributed by atoms with Crippen LogP contribution < -0.4 is 0 Å². The van der Waals surface area contributed by atoms with Crippen molar-refractivity contribution in [3.05, 3.63) is 12.2 Å². The molecule has 0 aromatic rings. The summed E-state index contributed by atoms with van der Waals surface area (Å²) in [6.45, 7) is 7.55. The predicted molar refractivity (Wildman–Crippen MR) is 94.3 cm³/mol. The van der Waals surface area contributed by atoms with Crippen LogP contribution in [0.25, 0.3) is 0 Å². The van der Waals surface area contributed by atoms with E-state index in [4.69, 9.17) is 14.6 Å². The monoisotopic (exact) mass is 353 g/mol. The summed E-state index contributed by atoms with van der Waals surface area (Å²) < 4.78 is 11.2. The number of hydrogen-bond donors (Lipinski definition) is 1. The van der Waals surface area contributed by atoms with E-state index in [0.29, 0.717) is 30.8 Å². The highest BCUT2D eigenvalue weighted by atomic mass is 16.6. The van der Waals surface area contributed by atoms with Gasteiger partial charge in [0.2, 0.25) is 0 Å². The molecule has 25 heavy (non-hydrogen) atoms. The first-order chi connectivity index (χ1) is 11.9. The summed E-state index contributed by atoms with van der Waals surface area (Å²) in [6.07, 6.45) is 6.24. The van der Waals surface area contributed by atoms with E-state index in [9.17, 15) is 9.59 Å². The van der Waals surface area contributed by atoms with Crippen LogP contribution in [0.4, 0.5) is 4.79 Å². The van der Waals surface area contributed by atoms with Crippen LogP contribution >= 0.6 is 0 Å². The van der Waals surface area contributed by atoms with E-state index >= 15 is 0 Å². The molecule has 6 heteroatoms. The van der Waals surface area contributed by atoms with Gasteiger partial charge in [-0.05, 0) is 30.6 Å². The topological polar surface area (TPSA) is 76.1 Å².